The molecule has 0 radical (unpaired) electrons. The van der Waals surface area contributed by atoms with Crippen molar-refractivity contribution in [1.82, 2.24) is 4.57 Å². The Hall–Kier alpha value is -3.35. The lowest BCUT2D eigenvalue weighted by Crippen LogP contribution is -2.27. The van der Waals surface area contributed by atoms with Gasteiger partial charge in [0.2, 0.25) is 0 Å². The third-order valence-electron chi connectivity index (χ3n) is 5.19. The number of benzene rings is 2. The minimum absolute atomic E-state index is 0.0363. The molecular weight excluding hydrogens is 419 g/mol. The summed E-state index contributed by atoms with van der Waals surface area (Å²) in [6.07, 6.45) is -3.37. The van der Waals surface area contributed by atoms with Crippen LogP contribution in [0.25, 0.3) is 16.9 Å². The molecule has 2 aromatic carbocycles. The summed E-state index contributed by atoms with van der Waals surface area (Å²) in [5.41, 5.74) is 2.45. The van der Waals surface area contributed by atoms with Crippen LogP contribution >= 0.6 is 0 Å². The molecule has 4 rings (SSSR count). The van der Waals surface area contributed by atoms with Gasteiger partial charge >= 0.3 is 6.18 Å². The number of nitrogens with zero attached hydrogens (tertiary/aromatic N) is 1. The van der Waals surface area contributed by atoms with E-state index in [1.807, 2.05) is 54.8 Å². The SMILES string of the molecule is CC(=O)O.CC1(C)CC(=O)c2cc(-c3ccccc3)n(-c3cccc(C(F)(F)F)c3)c2C1. The summed E-state index contributed by atoms with van der Waals surface area (Å²) in [6, 6.07) is 16.6. The van der Waals surface area contributed by atoms with Crippen LogP contribution < -0.4 is 0 Å². The van der Waals surface area contributed by atoms with Crippen LogP contribution in [0.2, 0.25) is 0 Å². The highest BCUT2D eigenvalue weighted by Gasteiger charge is 2.36. The molecule has 0 saturated heterocycles. The Morgan fingerprint density at radius 1 is 1.00 bits per heavy atom. The summed E-state index contributed by atoms with van der Waals surface area (Å²) in [6.45, 7) is 5.11. The third kappa shape index (κ3) is 5.10. The topological polar surface area (TPSA) is 59.3 Å². The minimum Gasteiger partial charge on any atom is -0.481 e. The molecule has 0 unspecified atom stereocenters. The molecule has 168 valence electrons. The highest BCUT2D eigenvalue weighted by atomic mass is 19.4. The number of aromatic nitrogens is 1. The van der Waals surface area contributed by atoms with Gasteiger partial charge in [0.05, 0.1) is 11.3 Å². The van der Waals surface area contributed by atoms with Crippen molar-refractivity contribution >= 4 is 11.8 Å². The van der Waals surface area contributed by atoms with E-state index in [0.29, 0.717) is 24.1 Å². The number of alkyl halides is 3. The zero-order valence-electron chi connectivity index (χ0n) is 18.0. The van der Waals surface area contributed by atoms with Crippen LogP contribution in [-0.2, 0) is 17.4 Å². The molecule has 0 spiro atoms. The van der Waals surface area contributed by atoms with E-state index in [9.17, 15) is 18.0 Å². The maximum absolute atomic E-state index is 13.3. The predicted octanol–water partition coefficient (Wildman–Crippen LogP) is 6.41. The van der Waals surface area contributed by atoms with Crippen molar-refractivity contribution in [3.05, 3.63) is 77.5 Å². The number of ketones is 1. The van der Waals surface area contributed by atoms with Gasteiger partial charge in [-0.15, -0.1) is 0 Å². The zero-order valence-corrected chi connectivity index (χ0v) is 18.0. The Bertz CT molecular complexity index is 1140. The number of rotatable bonds is 2. The first-order valence-electron chi connectivity index (χ1n) is 10.1. The van der Waals surface area contributed by atoms with E-state index in [1.165, 1.54) is 6.07 Å². The quantitative estimate of drug-likeness (QED) is 0.498. The first kappa shape index (κ1) is 23.3. The summed E-state index contributed by atoms with van der Waals surface area (Å²) >= 11 is 0. The van der Waals surface area contributed by atoms with E-state index in [1.54, 1.807) is 6.07 Å². The summed E-state index contributed by atoms with van der Waals surface area (Å²) < 4.78 is 41.7. The van der Waals surface area contributed by atoms with E-state index in [0.717, 1.165) is 36.0 Å². The molecule has 1 aliphatic rings. The molecule has 7 heteroatoms. The van der Waals surface area contributed by atoms with Gasteiger partial charge in [0.1, 0.15) is 0 Å². The summed E-state index contributed by atoms with van der Waals surface area (Å²) in [5, 5.41) is 7.42. The van der Waals surface area contributed by atoms with E-state index >= 15 is 0 Å². The number of carboxylic acids is 1. The second-order valence-electron chi connectivity index (χ2n) is 8.60. The van der Waals surface area contributed by atoms with Crippen LogP contribution in [-0.4, -0.2) is 21.4 Å². The first-order valence-corrected chi connectivity index (χ1v) is 10.1. The predicted molar refractivity (Wildman–Crippen MR) is 116 cm³/mol. The Morgan fingerprint density at radius 3 is 2.22 bits per heavy atom. The molecule has 0 fully saturated rings. The number of aliphatic carboxylic acids is 1. The number of carboxylic acid groups (broad SMARTS) is 1. The van der Waals surface area contributed by atoms with Gasteiger partial charge in [-0.25, -0.2) is 0 Å². The molecule has 1 N–H and O–H groups in total. The Labute approximate surface area is 184 Å². The largest absolute Gasteiger partial charge is 0.481 e. The minimum atomic E-state index is -4.43. The molecule has 0 atom stereocenters. The van der Waals surface area contributed by atoms with Crippen molar-refractivity contribution < 1.29 is 27.9 Å². The Balaban J connectivity index is 0.000000668. The summed E-state index contributed by atoms with van der Waals surface area (Å²) in [4.78, 5) is 21.8. The number of Topliss-reactive ketones (excluding diaryl/α,β-unsaturated/α-hetero) is 1. The fourth-order valence-corrected chi connectivity index (χ4v) is 3.95. The molecule has 1 aliphatic carbocycles. The molecule has 0 saturated carbocycles. The van der Waals surface area contributed by atoms with Gasteiger partial charge in [-0.1, -0.05) is 50.2 Å². The number of carbonyl (C=O) groups excluding carboxylic acids is 1. The van der Waals surface area contributed by atoms with Gasteiger partial charge in [0, 0.05) is 30.3 Å². The van der Waals surface area contributed by atoms with Gasteiger partial charge < -0.3 is 9.67 Å². The molecule has 0 amide bonds. The van der Waals surface area contributed by atoms with E-state index in [-0.39, 0.29) is 11.2 Å². The van der Waals surface area contributed by atoms with Crippen molar-refractivity contribution in [2.45, 2.75) is 39.8 Å². The number of hydrogen-bond acceptors (Lipinski definition) is 2. The van der Waals surface area contributed by atoms with E-state index < -0.39 is 17.7 Å². The highest BCUT2D eigenvalue weighted by Crippen LogP contribution is 2.41. The molecule has 1 heterocycles. The van der Waals surface area contributed by atoms with Crippen molar-refractivity contribution in [1.29, 1.82) is 0 Å². The summed E-state index contributed by atoms with van der Waals surface area (Å²) in [7, 11) is 0. The number of carbonyl (C=O) groups is 2. The molecular formula is C25H24F3NO3. The average Bonchev–Trinajstić information content (AvgIpc) is 3.06. The monoisotopic (exact) mass is 443 g/mol. The molecule has 1 aromatic heterocycles. The van der Waals surface area contributed by atoms with Crippen molar-refractivity contribution in [2.24, 2.45) is 5.41 Å². The second kappa shape index (κ2) is 8.65. The van der Waals surface area contributed by atoms with Crippen LogP contribution in [0.5, 0.6) is 0 Å². The van der Waals surface area contributed by atoms with Crippen LogP contribution in [0.4, 0.5) is 13.2 Å². The highest BCUT2D eigenvalue weighted by molar-refractivity contribution is 6.00. The molecule has 0 aliphatic heterocycles. The van der Waals surface area contributed by atoms with Gasteiger partial charge in [0.25, 0.3) is 5.97 Å². The lowest BCUT2D eigenvalue weighted by atomic mass is 9.76. The number of hydrogen-bond donors (Lipinski definition) is 1. The number of fused-ring (bicyclic) bond motifs is 1. The van der Waals surface area contributed by atoms with E-state index in [2.05, 4.69) is 0 Å². The molecule has 32 heavy (non-hydrogen) atoms. The Kier molecular flexibility index (Phi) is 6.30. The van der Waals surface area contributed by atoms with Crippen molar-refractivity contribution in [2.75, 3.05) is 0 Å². The van der Waals surface area contributed by atoms with Crippen molar-refractivity contribution in [3.63, 3.8) is 0 Å². The van der Waals surface area contributed by atoms with Gasteiger partial charge in [-0.05, 0) is 41.7 Å². The summed E-state index contributed by atoms with van der Waals surface area (Å²) in [5.74, 6) is -0.797. The number of halogens is 3. The average molecular weight is 443 g/mol. The maximum Gasteiger partial charge on any atom is 0.416 e. The first-order chi connectivity index (χ1) is 14.9. The smallest absolute Gasteiger partial charge is 0.416 e. The maximum atomic E-state index is 13.3. The second-order valence-corrected chi connectivity index (χ2v) is 8.60. The van der Waals surface area contributed by atoms with E-state index in [4.69, 9.17) is 9.90 Å². The van der Waals surface area contributed by atoms with Crippen LogP contribution in [0, 0.1) is 5.41 Å². The molecule has 0 bridgehead atoms. The normalized spacial score (nSPS) is 14.9. The van der Waals surface area contributed by atoms with Crippen LogP contribution in [0.1, 0.15) is 48.8 Å². The molecule has 4 nitrogen and oxygen atoms in total. The van der Waals surface area contributed by atoms with Gasteiger partial charge in [-0.2, -0.15) is 13.2 Å². The van der Waals surface area contributed by atoms with Crippen molar-refractivity contribution in [3.8, 4) is 16.9 Å². The van der Waals surface area contributed by atoms with Gasteiger partial charge in [-0.3, -0.25) is 9.59 Å². The molecule has 3 aromatic rings. The fraction of sp³-hybridized carbons (Fsp3) is 0.280. The lowest BCUT2D eigenvalue weighted by molar-refractivity contribution is -0.137. The van der Waals surface area contributed by atoms with Crippen LogP contribution in [0.15, 0.2) is 60.7 Å². The third-order valence-corrected chi connectivity index (χ3v) is 5.19. The van der Waals surface area contributed by atoms with Crippen LogP contribution in [0.3, 0.4) is 0 Å². The fourth-order valence-electron chi connectivity index (χ4n) is 3.95. The zero-order chi connectivity index (χ0) is 23.7. The van der Waals surface area contributed by atoms with Gasteiger partial charge in [0.15, 0.2) is 5.78 Å². The standard InChI is InChI=1S/C23H20F3NO.C2H4O2/c1-22(2)13-20-18(21(28)14-22)12-19(15-7-4-3-5-8-15)27(20)17-10-6-9-16(11-17)23(24,25)26;1-2(3)4/h3-12H,13-14H2,1-2H3;1H3,(H,3,4). The lowest BCUT2D eigenvalue weighted by Gasteiger charge is -2.30. The Morgan fingerprint density at radius 2 is 1.62 bits per heavy atom.